The fraction of sp³-hybridized carbons (Fsp3) is 1.00. The molecule has 1 saturated heterocycles. The maximum atomic E-state index is 3.68. The van der Waals surface area contributed by atoms with Gasteiger partial charge in [0.15, 0.2) is 0 Å². The van der Waals surface area contributed by atoms with Crippen LogP contribution in [0.4, 0.5) is 0 Å². The SMILES string of the molecule is CCCC1CN(C(C)C(C)CC)CCCN1. The molecule has 0 saturated carbocycles. The summed E-state index contributed by atoms with van der Waals surface area (Å²) in [5, 5.41) is 3.68. The van der Waals surface area contributed by atoms with Gasteiger partial charge in [0.1, 0.15) is 0 Å². The van der Waals surface area contributed by atoms with Crippen molar-refractivity contribution in [1.29, 1.82) is 0 Å². The zero-order valence-corrected chi connectivity index (χ0v) is 11.6. The lowest BCUT2D eigenvalue weighted by atomic mass is 9.98. The molecule has 0 aromatic heterocycles. The molecule has 0 bridgehead atoms. The van der Waals surface area contributed by atoms with Gasteiger partial charge in [-0.2, -0.15) is 0 Å². The lowest BCUT2D eigenvalue weighted by molar-refractivity contribution is 0.154. The van der Waals surface area contributed by atoms with E-state index in [1.54, 1.807) is 0 Å². The summed E-state index contributed by atoms with van der Waals surface area (Å²) in [6.07, 6.45) is 5.22. The molecule has 1 rings (SSSR count). The van der Waals surface area contributed by atoms with E-state index >= 15 is 0 Å². The van der Waals surface area contributed by atoms with Crippen LogP contribution in [-0.4, -0.2) is 36.6 Å². The third-order valence-electron chi connectivity index (χ3n) is 4.19. The van der Waals surface area contributed by atoms with Crippen LogP contribution in [0, 0.1) is 5.92 Å². The van der Waals surface area contributed by atoms with Crippen LogP contribution in [0.2, 0.25) is 0 Å². The van der Waals surface area contributed by atoms with Crippen LogP contribution >= 0.6 is 0 Å². The second kappa shape index (κ2) is 7.29. The first-order chi connectivity index (χ1) is 7.69. The molecule has 2 nitrogen and oxygen atoms in total. The first-order valence-corrected chi connectivity index (χ1v) is 7.16. The maximum absolute atomic E-state index is 3.68. The summed E-state index contributed by atoms with van der Waals surface area (Å²) >= 11 is 0. The molecule has 0 aromatic rings. The van der Waals surface area contributed by atoms with Crippen molar-refractivity contribution in [2.45, 2.75) is 65.5 Å². The van der Waals surface area contributed by atoms with Gasteiger partial charge in [-0.05, 0) is 38.8 Å². The summed E-state index contributed by atoms with van der Waals surface area (Å²) in [5.41, 5.74) is 0. The van der Waals surface area contributed by atoms with Crippen LogP contribution in [0.15, 0.2) is 0 Å². The summed E-state index contributed by atoms with van der Waals surface area (Å²) in [4.78, 5) is 2.70. The molecular weight excluding hydrogens is 196 g/mol. The van der Waals surface area contributed by atoms with Crippen LogP contribution in [-0.2, 0) is 0 Å². The Morgan fingerprint density at radius 2 is 2.06 bits per heavy atom. The van der Waals surface area contributed by atoms with Gasteiger partial charge in [0.2, 0.25) is 0 Å². The summed E-state index contributed by atoms with van der Waals surface area (Å²) in [6.45, 7) is 13.1. The molecule has 96 valence electrons. The van der Waals surface area contributed by atoms with Crippen molar-refractivity contribution in [2.75, 3.05) is 19.6 Å². The Morgan fingerprint density at radius 3 is 2.69 bits per heavy atom. The van der Waals surface area contributed by atoms with Gasteiger partial charge in [0.25, 0.3) is 0 Å². The molecule has 0 aliphatic carbocycles. The van der Waals surface area contributed by atoms with Crippen LogP contribution in [0.1, 0.15) is 53.4 Å². The minimum atomic E-state index is 0.721. The Bertz CT molecular complexity index is 182. The van der Waals surface area contributed by atoms with E-state index in [1.165, 1.54) is 45.3 Å². The standard InChI is InChI=1S/C14H30N2/c1-5-8-14-11-16(10-7-9-15-14)13(4)12(3)6-2/h12-15H,5-11H2,1-4H3. The van der Waals surface area contributed by atoms with Crippen LogP contribution in [0.5, 0.6) is 0 Å². The lowest BCUT2D eigenvalue weighted by Gasteiger charge is -2.33. The van der Waals surface area contributed by atoms with Crippen molar-refractivity contribution in [3.63, 3.8) is 0 Å². The Kier molecular flexibility index (Phi) is 6.37. The fourth-order valence-electron chi connectivity index (χ4n) is 2.64. The van der Waals surface area contributed by atoms with Crippen molar-refractivity contribution < 1.29 is 0 Å². The molecule has 0 amide bonds. The minimum absolute atomic E-state index is 0.721. The molecule has 1 N–H and O–H groups in total. The summed E-state index contributed by atoms with van der Waals surface area (Å²) < 4.78 is 0. The molecule has 1 heterocycles. The van der Waals surface area contributed by atoms with Crippen molar-refractivity contribution in [3.05, 3.63) is 0 Å². The highest BCUT2D eigenvalue weighted by molar-refractivity contribution is 4.81. The molecule has 1 aliphatic rings. The van der Waals surface area contributed by atoms with Crippen molar-refractivity contribution >= 4 is 0 Å². The highest BCUT2D eigenvalue weighted by atomic mass is 15.2. The smallest absolute Gasteiger partial charge is 0.0195 e. The van der Waals surface area contributed by atoms with Crippen LogP contribution in [0.25, 0.3) is 0 Å². The summed E-state index contributed by atoms with van der Waals surface area (Å²) in [5.74, 6) is 0.820. The van der Waals surface area contributed by atoms with Crippen molar-refractivity contribution in [3.8, 4) is 0 Å². The molecule has 3 atom stereocenters. The minimum Gasteiger partial charge on any atom is -0.313 e. The monoisotopic (exact) mass is 226 g/mol. The Balaban J connectivity index is 2.50. The van der Waals surface area contributed by atoms with Crippen molar-refractivity contribution in [1.82, 2.24) is 10.2 Å². The third-order valence-corrected chi connectivity index (χ3v) is 4.19. The summed E-state index contributed by atoms with van der Waals surface area (Å²) in [6, 6.07) is 1.46. The number of rotatable bonds is 5. The second-order valence-corrected chi connectivity index (χ2v) is 5.41. The number of hydrogen-bond donors (Lipinski definition) is 1. The molecule has 2 heteroatoms. The van der Waals surface area contributed by atoms with Gasteiger partial charge in [-0.15, -0.1) is 0 Å². The van der Waals surface area contributed by atoms with Gasteiger partial charge in [0, 0.05) is 18.6 Å². The topological polar surface area (TPSA) is 15.3 Å². The van der Waals surface area contributed by atoms with E-state index in [0.717, 1.165) is 18.0 Å². The molecular formula is C14H30N2. The predicted octanol–water partition coefficient (Wildman–Crippen LogP) is 2.89. The zero-order chi connectivity index (χ0) is 12.0. The number of nitrogens with one attached hydrogen (secondary N) is 1. The van der Waals surface area contributed by atoms with Gasteiger partial charge in [-0.1, -0.05) is 33.6 Å². The van der Waals surface area contributed by atoms with E-state index in [4.69, 9.17) is 0 Å². The molecule has 1 aliphatic heterocycles. The van der Waals surface area contributed by atoms with Crippen LogP contribution < -0.4 is 5.32 Å². The largest absolute Gasteiger partial charge is 0.313 e. The van der Waals surface area contributed by atoms with E-state index in [-0.39, 0.29) is 0 Å². The Labute approximate surface area is 102 Å². The second-order valence-electron chi connectivity index (χ2n) is 5.41. The first-order valence-electron chi connectivity index (χ1n) is 7.16. The molecule has 0 aromatic carbocycles. The molecule has 16 heavy (non-hydrogen) atoms. The molecule has 1 fully saturated rings. The summed E-state index contributed by atoms with van der Waals surface area (Å²) in [7, 11) is 0. The number of nitrogens with zero attached hydrogens (tertiary/aromatic N) is 1. The quantitative estimate of drug-likeness (QED) is 0.775. The molecule has 3 unspecified atom stereocenters. The van der Waals surface area contributed by atoms with Gasteiger partial charge < -0.3 is 5.32 Å². The van der Waals surface area contributed by atoms with E-state index in [2.05, 4.69) is 37.9 Å². The van der Waals surface area contributed by atoms with E-state index in [9.17, 15) is 0 Å². The van der Waals surface area contributed by atoms with Crippen molar-refractivity contribution in [2.24, 2.45) is 5.92 Å². The third kappa shape index (κ3) is 4.06. The average Bonchev–Trinajstić information content (AvgIpc) is 2.53. The maximum Gasteiger partial charge on any atom is 0.0195 e. The molecule has 0 spiro atoms. The zero-order valence-electron chi connectivity index (χ0n) is 11.6. The van der Waals surface area contributed by atoms with Gasteiger partial charge in [-0.3, -0.25) is 4.90 Å². The Hall–Kier alpha value is -0.0800. The van der Waals surface area contributed by atoms with E-state index < -0.39 is 0 Å². The molecule has 0 radical (unpaired) electrons. The van der Waals surface area contributed by atoms with E-state index in [1.807, 2.05) is 0 Å². The predicted molar refractivity (Wildman–Crippen MR) is 71.8 cm³/mol. The van der Waals surface area contributed by atoms with E-state index in [0.29, 0.717) is 0 Å². The average molecular weight is 226 g/mol. The Morgan fingerprint density at radius 1 is 1.31 bits per heavy atom. The normalized spacial score (nSPS) is 27.4. The van der Waals surface area contributed by atoms with Gasteiger partial charge in [0.05, 0.1) is 0 Å². The van der Waals surface area contributed by atoms with Gasteiger partial charge in [-0.25, -0.2) is 0 Å². The first kappa shape index (κ1) is 14.0. The van der Waals surface area contributed by atoms with Crippen LogP contribution in [0.3, 0.4) is 0 Å². The fourth-order valence-corrected chi connectivity index (χ4v) is 2.64. The van der Waals surface area contributed by atoms with Gasteiger partial charge >= 0.3 is 0 Å². The highest BCUT2D eigenvalue weighted by Gasteiger charge is 2.23. The number of hydrogen-bond acceptors (Lipinski definition) is 2. The lowest BCUT2D eigenvalue weighted by Crippen LogP contribution is -2.43. The highest BCUT2D eigenvalue weighted by Crippen LogP contribution is 2.17.